The van der Waals surface area contributed by atoms with E-state index in [1.807, 2.05) is 0 Å². The van der Waals surface area contributed by atoms with Gasteiger partial charge in [0.2, 0.25) is 4.77 Å². The molecule has 0 spiro atoms. The molecule has 0 bridgehead atoms. The molecule has 2 heterocycles. The van der Waals surface area contributed by atoms with Gasteiger partial charge in [0.1, 0.15) is 6.33 Å². The fourth-order valence-electron chi connectivity index (χ4n) is 0.629. The van der Waals surface area contributed by atoms with Crippen molar-refractivity contribution in [3.8, 4) is 0 Å². The summed E-state index contributed by atoms with van der Waals surface area (Å²) < 4.78 is 6.69. The molecule has 0 aromatic carbocycles. The maximum absolute atomic E-state index is 4.82. The van der Waals surface area contributed by atoms with Crippen molar-refractivity contribution in [3.05, 3.63) is 23.6 Å². The van der Waals surface area contributed by atoms with E-state index in [-0.39, 0.29) is 4.77 Å². The number of hydrogen-bond donors (Lipinski definition) is 0. The van der Waals surface area contributed by atoms with E-state index >= 15 is 0 Å². The molecule has 0 aliphatic rings. The molecule has 0 aliphatic heterocycles. The zero-order chi connectivity index (χ0) is 6.97. The van der Waals surface area contributed by atoms with Crippen LogP contribution in [0, 0.1) is 11.0 Å². The van der Waals surface area contributed by atoms with Gasteiger partial charge in [0.05, 0.1) is 6.20 Å². The second-order valence-electron chi connectivity index (χ2n) is 1.68. The molecule has 0 fully saturated rings. The van der Waals surface area contributed by atoms with Crippen LogP contribution in [0.5, 0.6) is 0 Å². The molecule has 2 aromatic heterocycles. The molecule has 0 aliphatic carbocycles. The highest BCUT2D eigenvalue weighted by molar-refractivity contribution is 7.71. The van der Waals surface area contributed by atoms with Crippen LogP contribution in [0.25, 0.3) is 5.84 Å². The summed E-state index contributed by atoms with van der Waals surface area (Å²) in [7, 11) is 0. The summed E-state index contributed by atoms with van der Waals surface area (Å²) >= 11 is 4.70. The first-order chi connectivity index (χ1) is 4.86. The van der Waals surface area contributed by atoms with E-state index < -0.39 is 0 Å². The summed E-state index contributed by atoms with van der Waals surface area (Å²) in [5.41, 5.74) is 0. The predicted molar refractivity (Wildman–Crippen MR) is 34.9 cm³/mol. The third kappa shape index (κ3) is 0.714. The van der Waals surface area contributed by atoms with Gasteiger partial charge in [0, 0.05) is 0 Å². The van der Waals surface area contributed by atoms with E-state index in [9.17, 15) is 0 Å². The van der Waals surface area contributed by atoms with Crippen molar-refractivity contribution in [3.63, 3.8) is 0 Å². The van der Waals surface area contributed by atoms with Crippen LogP contribution in [0.3, 0.4) is 0 Å². The molecule has 0 atom stereocenters. The van der Waals surface area contributed by atoms with E-state index in [4.69, 9.17) is 16.6 Å². The monoisotopic (exact) mass is 152 g/mol. The Morgan fingerprint density at radius 2 is 2.60 bits per heavy atom. The minimum Gasteiger partial charge on any atom is -0.419 e. The van der Waals surface area contributed by atoms with Crippen LogP contribution in [0.4, 0.5) is 0 Å². The molecule has 1 radical (unpaired) electrons. The molecular formula is C5H2N3OS. The molecule has 0 amide bonds. The van der Waals surface area contributed by atoms with E-state index in [1.165, 1.54) is 6.33 Å². The smallest absolute Gasteiger partial charge is 0.310 e. The highest BCUT2D eigenvalue weighted by Crippen LogP contribution is 1.95. The van der Waals surface area contributed by atoms with Crippen molar-refractivity contribution in [2.75, 3.05) is 0 Å². The number of nitrogens with zero attached hydrogens (tertiary/aromatic N) is 3. The summed E-state index contributed by atoms with van der Waals surface area (Å²) in [6.45, 7) is 0. The average molecular weight is 152 g/mol. The SMILES string of the molecule is S=c1ncn2c[c]oc2n1. The molecule has 0 unspecified atom stereocenters. The summed E-state index contributed by atoms with van der Waals surface area (Å²) in [5.74, 6) is 0.417. The fraction of sp³-hybridized carbons (Fsp3) is 0. The minimum absolute atomic E-state index is 0.281. The second kappa shape index (κ2) is 1.88. The highest BCUT2D eigenvalue weighted by atomic mass is 32.1. The minimum atomic E-state index is 0.281. The Kier molecular flexibility index (Phi) is 1.04. The number of oxazole rings is 1. The average Bonchev–Trinajstić information content (AvgIpc) is 2.33. The van der Waals surface area contributed by atoms with Crippen molar-refractivity contribution in [2.24, 2.45) is 0 Å². The first-order valence-electron chi connectivity index (χ1n) is 2.57. The van der Waals surface area contributed by atoms with Crippen LogP contribution in [0.1, 0.15) is 0 Å². The van der Waals surface area contributed by atoms with E-state index in [0.29, 0.717) is 5.84 Å². The molecule has 10 heavy (non-hydrogen) atoms. The molecule has 2 aromatic rings. The van der Waals surface area contributed by atoms with Crippen molar-refractivity contribution in [1.29, 1.82) is 0 Å². The summed E-state index contributed by atoms with van der Waals surface area (Å²) in [6, 6.07) is 0. The zero-order valence-corrected chi connectivity index (χ0v) is 5.63. The van der Waals surface area contributed by atoms with Crippen LogP contribution in [-0.2, 0) is 0 Å². The van der Waals surface area contributed by atoms with E-state index in [2.05, 4.69) is 16.2 Å². The fourth-order valence-corrected chi connectivity index (χ4v) is 0.755. The Hall–Kier alpha value is -1.23. The Morgan fingerprint density at radius 1 is 1.70 bits per heavy atom. The first-order valence-corrected chi connectivity index (χ1v) is 2.98. The molecule has 0 saturated heterocycles. The van der Waals surface area contributed by atoms with Crippen LogP contribution in [-0.4, -0.2) is 14.4 Å². The van der Waals surface area contributed by atoms with Crippen molar-refractivity contribution < 1.29 is 4.42 Å². The molecule has 4 nitrogen and oxygen atoms in total. The van der Waals surface area contributed by atoms with Crippen molar-refractivity contribution in [2.45, 2.75) is 0 Å². The predicted octanol–water partition coefficient (Wildman–Crippen LogP) is 0.852. The second-order valence-corrected chi connectivity index (χ2v) is 2.04. The Labute approximate surface area is 61.2 Å². The molecule has 0 N–H and O–H groups in total. The van der Waals surface area contributed by atoms with Gasteiger partial charge in [-0.25, -0.2) is 4.98 Å². The summed E-state index contributed by atoms with van der Waals surface area (Å²) in [4.78, 5) is 7.57. The Bertz CT molecular complexity index is 404. The van der Waals surface area contributed by atoms with Gasteiger partial charge in [-0.2, -0.15) is 4.98 Å². The molecule has 5 heteroatoms. The van der Waals surface area contributed by atoms with E-state index in [1.54, 1.807) is 10.6 Å². The Balaban J connectivity index is 2.99. The van der Waals surface area contributed by atoms with Gasteiger partial charge in [-0.15, -0.1) is 0 Å². The number of rotatable bonds is 0. The molecule has 49 valence electrons. The lowest BCUT2D eigenvalue weighted by atomic mass is 10.9. The van der Waals surface area contributed by atoms with Gasteiger partial charge in [0.25, 0.3) is 0 Å². The standard InChI is InChI=1S/C5H2N3OS/c10-4-6-3-8-1-2-9-5(8)7-4/h1,3H. The highest BCUT2D eigenvalue weighted by Gasteiger charge is 1.93. The molecular weight excluding hydrogens is 150 g/mol. The van der Waals surface area contributed by atoms with Gasteiger partial charge in [-0.05, 0) is 12.2 Å². The Morgan fingerprint density at radius 3 is 3.50 bits per heavy atom. The van der Waals surface area contributed by atoms with Crippen LogP contribution in [0.2, 0.25) is 0 Å². The van der Waals surface area contributed by atoms with Gasteiger partial charge in [0.15, 0.2) is 6.26 Å². The van der Waals surface area contributed by atoms with Gasteiger partial charge < -0.3 is 4.42 Å². The van der Waals surface area contributed by atoms with Crippen molar-refractivity contribution >= 4 is 18.1 Å². The number of hydrogen-bond acceptors (Lipinski definition) is 4. The third-order valence-corrected chi connectivity index (χ3v) is 1.24. The maximum atomic E-state index is 4.82. The zero-order valence-electron chi connectivity index (χ0n) is 4.81. The largest absolute Gasteiger partial charge is 0.419 e. The first kappa shape index (κ1) is 5.55. The number of aromatic nitrogens is 3. The van der Waals surface area contributed by atoms with Gasteiger partial charge >= 0.3 is 5.84 Å². The van der Waals surface area contributed by atoms with Gasteiger partial charge in [-0.3, -0.25) is 4.40 Å². The molecule has 2 rings (SSSR count). The lowest BCUT2D eigenvalue weighted by molar-refractivity contribution is 0.580. The molecule has 0 saturated carbocycles. The quantitative estimate of drug-likeness (QED) is 0.525. The maximum Gasteiger partial charge on any atom is 0.310 e. The van der Waals surface area contributed by atoms with Gasteiger partial charge in [-0.1, -0.05) is 0 Å². The lowest BCUT2D eigenvalue weighted by Crippen LogP contribution is -1.87. The van der Waals surface area contributed by atoms with Crippen LogP contribution < -0.4 is 0 Å². The summed E-state index contributed by atoms with van der Waals surface area (Å²) in [5, 5.41) is 0. The van der Waals surface area contributed by atoms with Crippen LogP contribution >= 0.6 is 12.2 Å². The summed E-state index contributed by atoms with van der Waals surface area (Å²) in [6.07, 6.45) is 5.62. The van der Waals surface area contributed by atoms with Crippen molar-refractivity contribution in [1.82, 2.24) is 14.4 Å². The number of fused-ring (bicyclic) bond motifs is 1. The topological polar surface area (TPSA) is 43.3 Å². The van der Waals surface area contributed by atoms with Crippen LogP contribution in [0.15, 0.2) is 16.9 Å². The lowest BCUT2D eigenvalue weighted by Gasteiger charge is -1.84. The van der Waals surface area contributed by atoms with E-state index in [0.717, 1.165) is 0 Å². The third-order valence-electron chi connectivity index (χ3n) is 1.05. The normalized spacial score (nSPS) is 10.4.